The van der Waals surface area contributed by atoms with Gasteiger partial charge >= 0.3 is 6.09 Å². The highest BCUT2D eigenvalue weighted by Gasteiger charge is 2.43. The summed E-state index contributed by atoms with van der Waals surface area (Å²) in [5, 5.41) is 10.9. The van der Waals surface area contributed by atoms with Gasteiger partial charge in [0.2, 0.25) is 0 Å². The van der Waals surface area contributed by atoms with Gasteiger partial charge in [0.25, 0.3) is 15.9 Å². The second kappa shape index (κ2) is 8.36. The Labute approximate surface area is 168 Å². The summed E-state index contributed by atoms with van der Waals surface area (Å²) in [6, 6.07) is 14.8. The van der Waals surface area contributed by atoms with Crippen LogP contribution < -0.4 is 14.8 Å². The van der Waals surface area contributed by atoms with Crippen LogP contribution in [0.5, 0.6) is 5.75 Å². The van der Waals surface area contributed by atoms with E-state index >= 15 is 0 Å². The van der Waals surface area contributed by atoms with Crippen LogP contribution in [0, 0.1) is 5.92 Å². The molecule has 0 unspecified atom stereocenters. The highest BCUT2D eigenvalue weighted by atomic mass is 32.2. The fourth-order valence-corrected chi connectivity index (χ4v) is 3.81. The Balaban J connectivity index is 1.62. The van der Waals surface area contributed by atoms with Crippen molar-refractivity contribution < 1.29 is 27.9 Å². The number of hydrogen-bond acceptors (Lipinski definition) is 5. The SMILES string of the molecule is C=C(C(=O)NS(=O)(=O)c1cccc(OCc2ccccc2)c1)[C@@H]1C[C@H]1NC(=O)O. The van der Waals surface area contributed by atoms with Gasteiger partial charge in [0.1, 0.15) is 12.4 Å². The van der Waals surface area contributed by atoms with E-state index < -0.39 is 34.0 Å². The minimum Gasteiger partial charge on any atom is -0.489 e. The third-order valence-corrected chi connectivity index (χ3v) is 5.76. The maximum atomic E-state index is 12.5. The Morgan fingerprint density at radius 2 is 1.86 bits per heavy atom. The first-order valence-corrected chi connectivity index (χ1v) is 10.3. The fourth-order valence-electron chi connectivity index (χ4n) is 2.79. The molecule has 9 heteroatoms. The van der Waals surface area contributed by atoms with Gasteiger partial charge in [-0.05, 0) is 24.1 Å². The van der Waals surface area contributed by atoms with Gasteiger partial charge in [0.05, 0.1) is 4.90 Å². The smallest absolute Gasteiger partial charge is 0.404 e. The molecule has 0 spiro atoms. The number of rotatable bonds is 8. The molecular formula is C20H20N2O6S. The van der Waals surface area contributed by atoms with Crippen molar-refractivity contribution in [1.29, 1.82) is 0 Å². The van der Waals surface area contributed by atoms with Gasteiger partial charge in [-0.2, -0.15) is 0 Å². The number of hydrogen-bond donors (Lipinski definition) is 3. The van der Waals surface area contributed by atoms with Crippen molar-refractivity contribution >= 4 is 22.0 Å². The average molecular weight is 416 g/mol. The predicted molar refractivity (Wildman–Crippen MR) is 105 cm³/mol. The molecule has 1 saturated carbocycles. The lowest BCUT2D eigenvalue weighted by molar-refractivity contribution is -0.116. The number of carbonyl (C=O) groups is 2. The zero-order valence-corrected chi connectivity index (χ0v) is 16.2. The van der Waals surface area contributed by atoms with Crippen LogP contribution in [0.2, 0.25) is 0 Å². The molecule has 0 heterocycles. The molecule has 2 atom stereocenters. The van der Waals surface area contributed by atoms with Gasteiger partial charge in [-0.3, -0.25) is 4.79 Å². The Kier molecular flexibility index (Phi) is 5.88. The van der Waals surface area contributed by atoms with Gasteiger partial charge < -0.3 is 15.2 Å². The lowest BCUT2D eigenvalue weighted by Crippen LogP contribution is -2.33. The molecule has 0 bridgehead atoms. The Bertz CT molecular complexity index is 1040. The summed E-state index contributed by atoms with van der Waals surface area (Å²) in [6.07, 6.45) is -0.799. The second-order valence-corrected chi connectivity index (χ2v) is 8.29. The van der Waals surface area contributed by atoms with Crippen LogP contribution in [0.3, 0.4) is 0 Å². The quantitative estimate of drug-likeness (QED) is 0.568. The van der Waals surface area contributed by atoms with Crippen LogP contribution in [0.4, 0.5) is 4.79 Å². The minimum absolute atomic E-state index is 0.0174. The van der Waals surface area contributed by atoms with Crippen molar-refractivity contribution in [2.45, 2.75) is 24.0 Å². The average Bonchev–Trinajstić information content (AvgIpc) is 3.44. The van der Waals surface area contributed by atoms with E-state index in [4.69, 9.17) is 9.84 Å². The molecule has 3 N–H and O–H groups in total. The highest BCUT2D eigenvalue weighted by molar-refractivity contribution is 7.90. The summed E-state index contributed by atoms with van der Waals surface area (Å²) in [4.78, 5) is 22.7. The predicted octanol–water partition coefficient (Wildman–Crippen LogP) is 2.28. The zero-order valence-electron chi connectivity index (χ0n) is 15.4. The van der Waals surface area contributed by atoms with E-state index in [1.165, 1.54) is 18.2 Å². The van der Waals surface area contributed by atoms with Crippen molar-refractivity contribution in [2.24, 2.45) is 5.92 Å². The van der Waals surface area contributed by atoms with Crippen LogP contribution in [0.1, 0.15) is 12.0 Å². The molecule has 0 aromatic heterocycles. The van der Waals surface area contributed by atoms with E-state index in [-0.39, 0.29) is 17.1 Å². The van der Waals surface area contributed by atoms with Gasteiger partial charge in [-0.25, -0.2) is 17.9 Å². The number of benzene rings is 2. The lowest BCUT2D eigenvalue weighted by atomic mass is 10.2. The minimum atomic E-state index is -4.13. The largest absolute Gasteiger partial charge is 0.489 e. The van der Waals surface area contributed by atoms with E-state index in [1.54, 1.807) is 6.07 Å². The number of nitrogens with one attached hydrogen (secondary N) is 2. The van der Waals surface area contributed by atoms with E-state index in [9.17, 15) is 18.0 Å². The van der Waals surface area contributed by atoms with E-state index in [1.807, 2.05) is 35.1 Å². The molecule has 2 aromatic carbocycles. The van der Waals surface area contributed by atoms with Gasteiger partial charge in [-0.15, -0.1) is 0 Å². The summed E-state index contributed by atoms with van der Waals surface area (Å²) in [7, 11) is -4.13. The molecular weight excluding hydrogens is 396 g/mol. The highest BCUT2D eigenvalue weighted by Crippen LogP contribution is 2.36. The van der Waals surface area contributed by atoms with Gasteiger partial charge in [0.15, 0.2) is 0 Å². The van der Waals surface area contributed by atoms with Gasteiger partial charge in [-0.1, -0.05) is 43.0 Å². The molecule has 3 rings (SSSR count). The van der Waals surface area contributed by atoms with Gasteiger partial charge in [0, 0.05) is 23.6 Å². The van der Waals surface area contributed by atoms with E-state index in [0.29, 0.717) is 12.2 Å². The molecule has 2 aromatic rings. The topological polar surface area (TPSA) is 122 Å². The summed E-state index contributed by atoms with van der Waals surface area (Å²) in [5.41, 5.74) is 0.947. The number of carbonyl (C=O) groups excluding carboxylic acids is 1. The molecule has 0 saturated heterocycles. The zero-order chi connectivity index (χ0) is 21.0. The third-order valence-electron chi connectivity index (χ3n) is 4.43. The number of amides is 2. The van der Waals surface area contributed by atoms with Crippen LogP contribution in [-0.4, -0.2) is 31.6 Å². The molecule has 8 nitrogen and oxygen atoms in total. The van der Waals surface area contributed by atoms with Crippen molar-refractivity contribution in [1.82, 2.24) is 10.0 Å². The van der Waals surface area contributed by atoms with E-state index in [2.05, 4.69) is 11.9 Å². The standard InChI is InChI=1S/C20H20N2O6S/c1-13(17-11-18(17)21-20(24)25)19(23)22-29(26,27)16-9-5-8-15(10-16)28-12-14-6-3-2-4-7-14/h2-10,17-18,21H,1,11-12H2,(H,22,23)(H,24,25)/t17-,18+/m0/s1. The fraction of sp³-hybridized carbons (Fsp3) is 0.200. The summed E-state index contributed by atoms with van der Waals surface area (Å²) in [5.74, 6) is -0.932. The first kappa shape index (κ1) is 20.4. The Morgan fingerprint density at radius 3 is 2.55 bits per heavy atom. The molecule has 1 aliphatic carbocycles. The normalized spacial score (nSPS) is 17.8. The first-order chi connectivity index (χ1) is 13.8. The van der Waals surface area contributed by atoms with Crippen LogP contribution in [0.15, 0.2) is 71.6 Å². The Morgan fingerprint density at radius 1 is 1.14 bits per heavy atom. The van der Waals surface area contributed by atoms with Crippen molar-refractivity contribution in [3.63, 3.8) is 0 Å². The monoisotopic (exact) mass is 416 g/mol. The lowest BCUT2D eigenvalue weighted by Gasteiger charge is -2.11. The second-order valence-electron chi connectivity index (χ2n) is 6.61. The number of ether oxygens (including phenoxy) is 1. The van der Waals surface area contributed by atoms with Crippen LogP contribution in [0.25, 0.3) is 0 Å². The number of sulfonamides is 1. The van der Waals surface area contributed by atoms with Crippen molar-refractivity contribution in [3.05, 3.63) is 72.3 Å². The van der Waals surface area contributed by atoms with Crippen LogP contribution >= 0.6 is 0 Å². The number of carboxylic acid groups (broad SMARTS) is 1. The maximum absolute atomic E-state index is 12.5. The molecule has 1 aliphatic rings. The summed E-state index contributed by atoms with van der Waals surface area (Å²) in [6.45, 7) is 3.87. The molecule has 2 amide bonds. The van der Waals surface area contributed by atoms with Crippen molar-refractivity contribution in [2.75, 3.05) is 0 Å². The molecule has 29 heavy (non-hydrogen) atoms. The van der Waals surface area contributed by atoms with Crippen molar-refractivity contribution in [3.8, 4) is 5.75 Å². The maximum Gasteiger partial charge on any atom is 0.404 e. The summed E-state index contributed by atoms with van der Waals surface area (Å²) < 4.78 is 32.7. The Hall–Kier alpha value is -3.33. The van der Waals surface area contributed by atoms with Crippen LogP contribution in [-0.2, 0) is 21.4 Å². The molecule has 152 valence electrons. The molecule has 1 fully saturated rings. The molecule has 0 radical (unpaired) electrons. The third kappa shape index (κ3) is 5.35. The van der Waals surface area contributed by atoms with E-state index in [0.717, 1.165) is 5.56 Å². The first-order valence-electron chi connectivity index (χ1n) is 8.78. The molecule has 0 aliphatic heterocycles. The summed E-state index contributed by atoms with van der Waals surface area (Å²) >= 11 is 0.